The van der Waals surface area contributed by atoms with Gasteiger partial charge in [0.05, 0.1) is 0 Å². The molecule has 1 aliphatic carbocycles. The van der Waals surface area contributed by atoms with Crippen LogP contribution in [0.3, 0.4) is 0 Å². The third-order valence-corrected chi connectivity index (χ3v) is 4.57. The van der Waals surface area contributed by atoms with E-state index in [1.165, 1.54) is 37.5 Å². The molecule has 0 unspecified atom stereocenters. The average Bonchev–Trinajstić information content (AvgIpc) is 2.90. The molecule has 1 heteroatoms. The molecule has 0 amide bonds. The first-order chi connectivity index (χ1) is 10.3. The summed E-state index contributed by atoms with van der Waals surface area (Å²) >= 11 is 0. The molecule has 0 saturated heterocycles. The van der Waals surface area contributed by atoms with Gasteiger partial charge in [-0.3, -0.25) is 0 Å². The quantitative estimate of drug-likeness (QED) is 0.736. The van der Waals surface area contributed by atoms with Crippen molar-refractivity contribution in [2.24, 2.45) is 5.92 Å². The van der Waals surface area contributed by atoms with Gasteiger partial charge in [-0.1, -0.05) is 44.2 Å². The van der Waals surface area contributed by atoms with E-state index >= 15 is 0 Å². The van der Waals surface area contributed by atoms with E-state index in [4.69, 9.17) is 0 Å². The normalized spacial score (nSPS) is 13.5. The van der Waals surface area contributed by atoms with Crippen molar-refractivity contribution in [3.63, 3.8) is 0 Å². The molecule has 3 rings (SSSR count). The van der Waals surface area contributed by atoms with Crippen molar-refractivity contribution in [1.82, 2.24) is 5.32 Å². The largest absolute Gasteiger partial charge is 0.316 e. The molecule has 21 heavy (non-hydrogen) atoms. The first kappa shape index (κ1) is 14.6. The van der Waals surface area contributed by atoms with E-state index in [2.05, 4.69) is 49.5 Å². The van der Waals surface area contributed by atoms with Gasteiger partial charge in [0.25, 0.3) is 0 Å². The number of hydrogen-bond acceptors (Lipinski definition) is 1. The highest BCUT2D eigenvalue weighted by atomic mass is 14.8. The lowest BCUT2D eigenvalue weighted by Crippen LogP contribution is -2.20. The predicted molar refractivity (Wildman–Crippen MR) is 92.0 cm³/mol. The number of unbranched alkanes of at least 4 members (excludes halogenated alkanes) is 1. The maximum Gasteiger partial charge on any atom is -0.00258 e. The molecule has 2 aromatic carbocycles. The molecule has 1 nitrogen and oxygen atoms in total. The number of aryl methyl sites for hydroxylation is 3. The Morgan fingerprint density at radius 1 is 1.00 bits per heavy atom. The molecular formula is C20H27N. The molecule has 0 aromatic heterocycles. The van der Waals surface area contributed by atoms with Crippen molar-refractivity contribution in [2.45, 2.75) is 46.0 Å². The zero-order chi connectivity index (χ0) is 14.7. The van der Waals surface area contributed by atoms with E-state index in [-0.39, 0.29) is 0 Å². The topological polar surface area (TPSA) is 12.0 Å². The van der Waals surface area contributed by atoms with Gasteiger partial charge in [0.2, 0.25) is 0 Å². The van der Waals surface area contributed by atoms with Crippen molar-refractivity contribution in [3.8, 4) is 0 Å². The van der Waals surface area contributed by atoms with Gasteiger partial charge in [0.15, 0.2) is 0 Å². The zero-order valence-corrected chi connectivity index (χ0v) is 13.4. The van der Waals surface area contributed by atoms with Gasteiger partial charge >= 0.3 is 0 Å². The van der Waals surface area contributed by atoms with Crippen LogP contribution in [0.15, 0.2) is 30.3 Å². The van der Waals surface area contributed by atoms with Gasteiger partial charge in [-0.05, 0) is 78.6 Å². The molecule has 0 bridgehead atoms. The van der Waals surface area contributed by atoms with Crippen molar-refractivity contribution in [3.05, 3.63) is 47.0 Å². The van der Waals surface area contributed by atoms with Gasteiger partial charge in [-0.15, -0.1) is 0 Å². The van der Waals surface area contributed by atoms with Crippen LogP contribution in [0.5, 0.6) is 0 Å². The van der Waals surface area contributed by atoms with E-state index in [1.54, 1.807) is 22.1 Å². The van der Waals surface area contributed by atoms with Crippen LogP contribution in [0.1, 0.15) is 43.4 Å². The van der Waals surface area contributed by atoms with Gasteiger partial charge < -0.3 is 5.32 Å². The SMILES string of the molecule is CC(C)CNCCCCc1ccc2c3c(cccc13)CC2. The monoisotopic (exact) mass is 281 g/mol. The second-order valence-corrected chi connectivity index (χ2v) is 6.78. The lowest BCUT2D eigenvalue weighted by molar-refractivity contribution is 0.536. The fraction of sp³-hybridized carbons (Fsp3) is 0.500. The van der Waals surface area contributed by atoms with E-state index in [0.29, 0.717) is 0 Å². The van der Waals surface area contributed by atoms with Crippen LogP contribution in [0.2, 0.25) is 0 Å². The second-order valence-electron chi connectivity index (χ2n) is 6.78. The lowest BCUT2D eigenvalue weighted by atomic mass is 9.97. The molecule has 0 fully saturated rings. The van der Waals surface area contributed by atoms with Crippen LogP contribution < -0.4 is 5.32 Å². The molecule has 0 saturated carbocycles. The summed E-state index contributed by atoms with van der Waals surface area (Å²) < 4.78 is 0. The van der Waals surface area contributed by atoms with Crippen molar-refractivity contribution in [2.75, 3.05) is 13.1 Å². The number of benzene rings is 2. The number of nitrogens with one attached hydrogen (secondary N) is 1. The maximum absolute atomic E-state index is 3.54. The Morgan fingerprint density at radius 3 is 2.62 bits per heavy atom. The molecule has 0 spiro atoms. The highest BCUT2D eigenvalue weighted by molar-refractivity contribution is 5.93. The zero-order valence-electron chi connectivity index (χ0n) is 13.4. The summed E-state index contributed by atoms with van der Waals surface area (Å²) in [7, 11) is 0. The van der Waals surface area contributed by atoms with Gasteiger partial charge in [0.1, 0.15) is 0 Å². The number of rotatable bonds is 7. The summed E-state index contributed by atoms with van der Waals surface area (Å²) in [5.41, 5.74) is 4.66. The molecule has 0 aliphatic heterocycles. The molecule has 1 aliphatic rings. The molecular weight excluding hydrogens is 254 g/mol. The van der Waals surface area contributed by atoms with Crippen molar-refractivity contribution >= 4 is 10.8 Å². The summed E-state index contributed by atoms with van der Waals surface area (Å²) in [4.78, 5) is 0. The summed E-state index contributed by atoms with van der Waals surface area (Å²) in [6, 6.07) is 11.6. The smallest absolute Gasteiger partial charge is 0.00258 e. The highest BCUT2D eigenvalue weighted by Crippen LogP contribution is 2.33. The van der Waals surface area contributed by atoms with Crippen molar-refractivity contribution < 1.29 is 0 Å². The molecule has 0 radical (unpaired) electrons. The first-order valence-electron chi connectivity index (χ1n) is 8.49. The second kappa shape index (κ2) is 6.62. The minimum atomic E-state index is 0.751. The summed E-state index contributed by atoms with van der Waals surface area (Å²) in [6.07, 6.45) is 6.23. The Hall–Kier alpha value is -1.34. The molecule has 1 N–H and O–H groups in total. The minimum absolute atomic E-state index is 0.751. The molecule has 2 aromatic rings. The van der Waals surface area contributed by atoms with Crippen LogP contribution in [0, 0.1) is 5.92 Å². The molecule has 0 atom stereocenters. The molecule has 0 heterocycles. The average molecular weight is 281 g/mol. The van der Waals surface area contributed by atoms with Crippen LogP contribution >= 0.6 is 0 Å². The standard InChI is InChI=1S/C20H27N/c1-15(2)14-21-13-4-3-6-16-9-10-18-12-11-17-7-5-8-19(16)20(17)18/h5,7-10,15,21H,3-4,6,11-14H2,1-2H3. The van der Waals surface area contributed by atoms with E-state index in [0.717, 1.165) is 19.0 Å². The van der Waals surface area contributed by atoms with Crippen LogP contribution in [-0.4, -0.2) is 13.1 Å². The minimum Gasteiger partial charge on any atom is -0.316 e. The Kier molecular flexibility index (Phi) is 4.60. The summed E-state index contributed by atoms with van der Waals surface area (Å²) in [6.45, 7) is 6.82. The van der Waals surface area contributed by atoms with E-state index < -0.39 is 0 Å². The highest BCUT2D eigenvalue weighted by Gasteiger charge is 2.15. The van der Waals surface area contributed by atoms with Gasteiger partial charge in [0, 0.05) is 0 Å². The maximum atomic E-state index is 3.54. The van der Waals surface area contributed by atoms with Gasteiger partial charge in [-0.25, -0.2) is 0 Å². The third-order valence-electron chi connectivity index (χ3n) is 4.57. The summed E-state index contributed by atoms with van der Waals surface area (Å²) in [5.74, 6) is 0.751. The van der Waals surface area contributed by atoms with Crippen molar-refractivity contribution in [1.29, 1.82) is 0 Å². The Bertz CT molecular complexity index is 602. The fourth-order valence-corrected chi connectivity index (χ4v) is 3.48. The Morgan fingerprint density at radius 2 is 1.81 bits per heavy atom. The van der Waals surface area contributed by atoms with E-state index in [9.17, 15) is 0 Å². The third kappa shape index (κ3) is 3.29. The number of hydrogen-bond donors (Lipinski definition) is 1. The fourth-order valence-electron chi connectivity index (χ4n) is 3.48. The molecule has 112 valence electrons. The Labute approximate surface area is 128 Å². The van der Waals surface area contributed by atoms with Crippen LogP contribution in [0.4, 0.5) is 0 Å². The summed E-state index contributed by atoms with van der Waals surface area (Å²) in [5, 5.41) is 6.61. The predicted octanol–water partition coefficient (Wildman–Crippen LogP) is 4.51. The lowest BCUT2D eigenvalue weighted by Gasteiger charge is -2.10. The first-order valence-corrected chi connectivity index (χ1v) is 8.49. The van der Waals surface area contributed by atoms with Crippen LogP contribution in [-0.2, 0) is 19.3 Å². The van der Waals surface area contributed by atoms with Gasteiger partial charge in [-0.2, -0.15) is 0 Å². The van der Waals surface area contributed by atoms with Crippen LogP contribution in [0.25, 0.3) is 10.8 Å². The van der Waals surface area contributed by atoms with E-state index in [1.807, 2.05) is 0 Å². The Balaban J connectivity index is 1.61.